The van der Waals surface area contributed by atoms with Crippen molar-refractivity contribution in [1.82, 2.24) is 10.6 Å². The van der Waals surface area contributed by atoms with Crippen molar-refractivity contribution < 1.29 is 19.1 Å². The highest BCUT2D eigenvalue weighted by Crippen LogP contribution is 2.42. The number of benzene rings is 2. The Hall–Kier alpha value is -2.57. The van der Waals surface area contributed by atoms with Crippen molar-refractivity contribution >= 4 is 23.4 Å². The van der Waals surface area contributed by atoms with Gasteiger partial charge in [-0.2, -0.15) is 0 Å². The van der Waals surface area contributed by atoms with Crippen LogP contribution in [0.25, 0.3) is 0 Å². The van der Waals surface area contributed by atoms with Gasteiger partial charge in [0.05, 0.1) is 35.4 Å². The molecule has 7 heteroatoms. The minimum atomic E-state index is -0.175. The summed E-state index contributed by atoms with van der Waals surface area (Å²) in [5, 5.41) is 6.43. The van der Waals surface area contributed by atoms with Gasteiger partial charge in [-0.1, -0.05) is 23.7 Å². The van der Waals surface area contributed by atoms with Gasteiger partial charge in [-0.05, 0) is 61.1 Å². The van der Waals surface area contributed by atoms with Crippen molar-refractivity contribution in [1.29, 1.82) is 0 Å². The van der Waals surface area contributed by atoms with Crippen molar-refractivity contribution in [2.45, 2.75) is 37.8 Å². The number of rotatable bonds is 4. The van der Waals surface area contributed by atoms with Crippen LogP contribution in [0.15, 0.2) is 30.3 Å². The van der Waals surface area contributed by atoms with Crippen LogP contribution in [0.4, 0.5) is 0 Å². The second kappa shape index (κ2) is 7.29. The Kier molecular flexibility index (Phi) is 4.71. The lowest BCUT2D eigenvalue weighted by Crippen LogP contribution is -2.54. The second-order valence-electron chi connectivity index (χ2n) is 8.41. The topological polar surface area (TPSA) is 76.7 Å². The Morgan fingerprint density at radius 2 is 2.07 bits per heavy atom. The zero-order valence-electron chi connectivity index (χ0n) is 16.7. The molecule has 3 heterocycles. The van der Waals surface area contributed by atoms with E-state index < -0.39 is 0 Å². The van der Waals surface area contributed by atoms with E-state index in [0.717, 1.165) is 29.5 Å². The molecule has 2 amide bonds. The van der Waals surface area contributed by atoms with Gasteiger partial charge in [-0.3, -0.25) is 9.59 Å². The maximum atomic E-state index is 12.6. The number of carbonyl (C=O) groups excluding carboxylic acids is 2. The van der Waals surface area contributed by atoms with Crippen LogP contribution in [-0.4, -0.2) is 43.2 Å². The zero-order chi connectivity index (χ0) is 20.9. The largest absolute Gasteiger partial charge is 0.489 e. The van der Waals surface area contributed by atoms with E-state index in [4.69, 9.17) is 21.1 Å². The highest BCUT2D eigenvalue weighted by molar-refractivity contribution is 6.33. The molecule has 2 bridgehead atoms. The van der Waals surface area contributed by atoms with Crippen LogP contribution in [-0.2, 0) is 11.2 Å². The maximum absolute atomic E-state index is 12.6. The number of amides is 2. The minimum Gasteiger partial charge on any atom is -0.489 e. The number of ether oxygens (including phenoxy) is 2. The Bertz CT molecular complexity index is 1020. The fraction of sp³-hybridized carbons (Fsp3) is 0.391. The SMILES string of the molecule is Cc1c(Cc2ccc(C(=O)NC34COC(C3)C4)cc2)cc2c(c1Cl)OCCNC2=O. The van der Waals surface area contributed by atoms with Gasteiger partial charge >= 0.3 is 0 Å². The normalized spacial score (nSPS) is 24.2. The van der Waals surface area contributed by atoms with Crippen LogP contribution in [0.5, 0.6) is 5.75 Å². The lowest BCUT2D eigenvalue weighted by molar-refractivity contribution is 0.0854. The molecule has 3 aliphatic heterocycles. The Morgan fingerprint density at radius 1 is 1.30 bits per heavy atom. The van der Waals surface area contributed by atoms with E-state index >= 15 is 0 Å². The third-order valence-corrected chi connectivity index (χ3v) is 6.73. The third kappa shape index (κ3) is 3.34. The molecule has 0 spiro atoms. The summed E-state index contributed by atoms with van der Waals surface area (Å²) in [4.78, 5) is 24.9. The molecule has 2 N–H and O–H groups in total. The van der Waals surface area contributed by atoms with E-state index in [-0.39, 0.29) is 17.4 Å². The molecule has 0 atom stereocenters. The molecule has 0 aromatic heterocycles. The summed E-state index contributed by atoms with van der Waals surface area (Å²) in [6, 6.07) is 9.41. The van der Waals surface area contributed by atoms with E-state index in [1.807, 2.05) is 37.3 Å². The van der Waals surface area contributed by atoms with Crippen molar-refractivity contribution in [3.8, 4) is 5.75 Å². The molecule has 4 aliphatic rings. The van der Waals surface area contributed by atoms with E-state index in [1.165, 1.54) is 0 Å². The van der Waals surface area contributed by atoms with Gasteiger partial charge in [-0.25, -0.2) is 0 Å². The van der Waals surface area contributed by atoms with Crippen LogP contribution in [0.3, 0.4) is 0 Å². The first-order valence-corrected chi connectivity index (χ1v) is 10.6. The van der Waals surface area contributed by atoms with E-state index in [0.29, 0.717) is 54.2 Å². The third-order valence-electron chi connectivity index (χ3n) is 6.27. The lowest BCUT2D eigenvalue weighted by atomic mass is 9.78. The summed E-state index contributed by atoms with van der Waals surface area (Å²) >= 11 is 6.52. The summed E-state index contributed by atoms with van der Waals surface area (Å²) in [5.74, 6) is 0.211. The monoisotopic (exact) mass is 426 g/mol. The fourth-order valence-corrected chi connectivity index (χ4v) is 4.73. The first-order valence-electron chi connectivity index (χ1n) is 10.2. The van der Waals surface area contributed by atoms with Gasteiger partial charge in [0.2, 0.25) is 0 Å². The molecule has 30 heavy (non-hydrogen) atoms. The summed E-state index contributed by atoms with van der Waals surface area (Å²) in [5.41, 5.74) is 3.81. The summed E-state index contributed by atoms with van der Waals surface area (Å²) in [7, 11) is 0. The molecule has 3 fully saturated rings. The maximum Gasteiger partial charge on any atom is 0.255 e. The average molecular weight is 427 g/mol. The molecule has 0 unspecified atom stereocenters. The number of halogens is 1. The van der Waals surface area contributed by atoms with Gasteiger partial charge in [0.15, 0.2) is 5.75 Å². The van der Waals surface area contributed by atoms with Crippen LogP contribution in [0.2, 0.25) is 5.02 Å². The van der Waals surface area contributed by atoms with Gasteiger partial charge < -0.3 is 20.1 Å². The first-order chi connectivity index (χ1) is 14.4. The van der Waals surface area contributed by atoms with Gasteiger partial charge in [-0.15, -0.1) is 0 Å². The molecular weight excluding hydrogens is 404 g/mol. The molecule has 6 nitrogen and oxygen atoms in total. The van der Waals surface area contributed by atoms with Gasteiger partial charge in [0, 0.05) is 5.56 Å². The standard InChI is InChI=1S/C23H23ClN2O4/c1-13-16(9-18-20(19(13)24)29-7-6-25-22(18)28)8-14-2-4-15(5-3-14)21(27)26-23-10-17(11-23)30-12-23/h2-5,9,17H,6-8,10-12H2,1H3,(H,25,28)(H,26,27). The van der Waals surface area contributed by atoms with Crippen molar-refractivity contribution in [3.05, 3.63) is 63.2 Å². The molecule has 156 valence electrons. The molecule has 2 saturated heterocycles. The number of hydrogen-bond acceptors (Lipinski definition) is 4. The molecule has 1 saturated carbocycles. The Labute approximate surface area is 179 Å². The molecule has 2 aromatic rings. The number of carbonyl (C=O) groups is 2. The summed E-state index contributed by atoms with van der Waals surface area (Å²) in [6.45, 7) is 3.39. The number of fused-ring (bicyclic) bond motifs is 2. The zero-order valence-corrected chi connectivity index (χ0v) is 17.5. The molecule has 2 aromatic carbocycles. The van der Waals surface area contributed by atoms with Crippen molar-refractivity contribution in [2.75, 3.05) is 19.8 Å². The van der Waals surface area contributed by atoms with E-state index in [9.17, 15) is 9.59 Å². The summed E-state index contributed by atoms with van der Waals surface area (Å²) < 4.78 is 11.2. The molecule has 1 aliphatic carbocycles. The van der Waals surface area contributed by atoms with Crippen LogP contribution >= 0.6 is 11.6 Å². The smallest absolute Gasteiger partial charge is 0.255 e. The average Bonchev–Trinajstić information content (AvgIpc) is 3.25. The van der Waals surface area contributed by atoms with Crippen LogP contribution in [0.1, 0.15) is 50.2 Å². The molecule has 6 rings (SSSR count). The lowest BCUT2D eigenvalue weighted by Gasteiger charge is -2.36. The second-order valence-corrected chi connectivity index (χ2v) is 8.78. The molecular formula is C23H23ClN2O4. The van der Waals surface area contributed by atoms with Crippen molar-refractivity contribution in [2.24, 2.45) is 0 Å². The number of nitrogens with one attached hydrogen (secondary N) is 2. The van der Waals surface area contributed by atoms with Gasteiger partial charge in [0.1, 0.15) is 6.61 Å². The quantitative estimate of drug-likeness (QED) is 0.787. The van der Waals surface area contributed by atoms with E-state index in [2.05, 4.69) is 10.6 Å². The molecule has 0 radical (unpaired) electrons. The first kappa shape index (κ1) is 19.4. The fourth-order valence-electron chi connectivity index (χ4n) is 4.45. The van der Waals surface area contributed by atoms with Crippen LogP contribution < -0.4 is 15.4 Å². The van der Waals surface area contributed by atoms with E-state index in [1.54, 1.807) is 0 Å². The predicted octanol–water partition coefficient (Wildman–Crippen LogP) is 3.02. The predicted molar refractivity (Wildman–Crippen MR) is 112 cm³/mol. The van der Waals surface area contributed by atoms with Crippen LogP contribution in [0, 0.1) is 6.92 Å². The minimum absolute atomic E-state index is 0.0661. The summed E-state index contributed by atoms with van der Waals surface area (Å²) in [6.07, 6.45) is 2.74. The highest BCUT2D eigenvalue weighted by atomic mass is 35.5. The van der Waals surface area contributed by atoms with Gasteiger partial charge in [0.25, 0.3) is 11.8 Å². The highest BCUT2D eigenvalue weighted by Gasteiger charge is 2.52. The Balaban J connectivity index is 1.34. The number of hydrogen-bond donors (Lipinski definition) is 2. The van der Waals surface area contributed by atoms with Crippen molar-refractivity contribution in [3.63, 3.8) is 0 Å². The Morgan fingerprint density at radius 3 is 2.77 bits per heavy atom.